The summed E-state index contributed by atoms with van der Waals surface area (Å²) in [6.45, 7) is 5.39. The number of fused-ring (bicyclic) bond motifs is 1. The van der Waals surface area contributed by atoms with E-state index in [2.05, 4.69) is 9.88 Å². The molecule has 2 aromatic carbocycles. The van der Waals surface area contributed by atoms with E-state index in [4.69, 9.17) is 4.74 Å². The quantitative estimate of drug-likeness (QED) is 0.658. The first kappa shape index (κ1) is 19.6. The molecule has 2 N–H and O–H groups in total. The number of aliphatic carboxylic acids is 1. The van der Waals surface area contributed by atoms with Crippen LogP contribution in [-0.4, -0.2) is 35.3 Å². The monoisotopic (exact) mass is 380 g/mol. The number of rotatable bonds is 7. The molecule has 1 atom stereocenters. The maximum atomic E-state index is 12.8. The molecule has 0 aliphatic heterocycles. The minimum Gasteiger partial charge on any atom is -0.479 e. The van der Waals surface area contributed by atoms with Crippen molar-refractivity contribution in [1.29, 1.82) is 0 Å². The van der Waals surface area contributed by atoms with Crippen LogP contribution in [0.1, 0.15) is 33.2 Å². The van der Waals surface area contributed by atoms with Crippen LogP contribution < -0.4 is 5.32 Å². The molecule has 0 fully saturated rings. The van der Waals surface area contributed by atoms with Gasteiger partial charge in [0.25, 0.3) is 5.91 Å². The van der Waals surface area contributed by atoms with Gasteiger partial charge in [0.2, 0.25) is 0 Å². The molecule has 28 heavy (non-hydrogen) atoms. The van der Waals surface area contributed by atoms with E-state index in [0.29, 0.717) is 17.7 Å². The lowest BCUT2D eigenvalue weighted by molar-refractivity contribution is -0.139. The van der Waals surface area contributed by atoms with Crippen LogP contribution in [0.4, 0.5) is 0 Å². The number of nitrogens with zero attached hydrogens (tertiary/aromatic N) is 1. The van der Waals surface area contributed by atoms with Gasteiger partial charge in [0.1, 0.15) is 0 Å². The molecule has 146 valence electrons. The van der Waals surface area contributed by atoms with Crippen LogP contribution in [-0.2, 0) is 16.1 Å². The summed E-state index contributed by atoms with van der Waals surface area (Å²) in [6.07, 6.45) is 0. The summed E-state index contributed by atoms with van der Waals surface area (Å²) in [4.78, 5) is 24.4. The maximum Gasteiger partial charge on any atom is 0.330 e. The number of carbonyl (C=O) groups excluding carboxylic acids is 1. The van der Waals surface area contributed by atoms with Crippen LogP contribution in [0.2, 0.25) is 0 Å². The van der Waals surface area contributed by atoms with Gasteiger partial charge in [0, 0.05) is 35.8 Å². The number of carboxylic acids is 1. The second-order valence-corrected chi connectivity index (χ2v) is 6.74. The molecule has 6 nitrogen and oxygen atoms in total. The third-order valence-electron chi connectivity index (χ3n) is 5.08. The lowest BCUT2D eigenvalue weighted by Crippen LogP contribution is -2.33. The van der Waals surface area contributed by atoms with E-state index in [0.717, 1.165) is 28.7 Å². The highest BCUT2D eigenvalue weighted by Gasteiger charge is 2.23. The van der Waals surface area contributed by atoms with Gasteiger partial charge >= 0.3 is 5.97 Å². The standard InChI is InChI=1S/C22H24N2O4/c1-14-15(2)24(11-12-28-3)19-10-9-17(13-18(14)19)21(25)23-20(22(26)27)16-7-5-4-6-8-16/h4-10,13,20H,11-12H2,1-3H3,(H,23,25)(H,26,27). The average Bonchev–Trinajstić information content (AvgIpc) is 2.94. The number of carboxylic acid groups (broad SMARTS) is 1. The molecule has 1 aromatic heterocycles. The molecule has 1 unspecified atom stereocenters. The van der Waals surface area contributed by atoms with E-state index in [1.165, 1.54) is 0 Å². The van der Waals surface area contributed by atoms with Crippen LogP contribution in [0, 0.1) is 13.8 Å². The lowest BCUT2D eigenvalue weighted by atomic mass is 10.1. The molecule has 0 aliphatic rings. The Labute approximate surface area is 163 Å². The normalized spacial score (nSPS) is 12.1. The fourth-order valence-corrected chi connectivity index (χ4v) is 3.41. The SMILES string of the molecule is COCCn1c(C)c(C)c2cc(C(=O)NC(C(=O)O)c3ccccc3)ccc21. The van der Waals surface area contributed by atoms with E-state index in [-0.39, 0.29) is 0 Å². The van der Waals surface area contributed by atoms with Crippen molar-refractivity contribution in [1.82, 2.24) is 9.88 Å². The molecule has 0 aliphatic carbocycles. The third-order valence-corrected chi connectivity index (χ3v) is 5.08. The van der Waals surface area contributed by atoms with E-state index in [9.17, 15) is 14.7 Å². The van der Waals surface area contributed by atoms with Crippen molar-refractivity contribution < 1.29 is 19.4 Å². The molecule has 1 amide bonds. The van der Waals surface area contributed by atoms with Gasteiger partial charge < -0.3 is 19.7 Å². The van der Waals surface area contributed by atoms with E-state index < -0.39 is 17.9 Å². The van der Waals surface area contributed by atoms with E-state index in [1.807, 2.05) is 26.0 Å². The molecule has 0 spiro atoms. The Morgan fingerprint density at radius 2 is 1.86 bits per heavy atom. The zero-order valence-electron chi connectivity index (χ0n) is 16.2. The number of benzene rings is 2. The lowest BCUT2D eigenvalue weighted by Gasteiger charge is -2.15. The van der Waals surface area contributed by atoms with Gasteiger partial charge in [0.15, 0.2) is 6.04 Å². The van der Waals surface area contributed by atoms with Crippen LogP contribution in [0.15, 0.2) is 48.5 Å². The molecular weight excluding hydrogens is 356 g/mol. The average molecular weight is 380 g/mol. The van der Waals surface area contributed by atoms with Gasteiger partial charge in [-0.15, -0.1) is 0 Å². The Morgan fingerprint density at radius 3 is 2.50 bits per heavy atom. The Kier molecular flexibility index (Phi) is 5.80. The summed E-state index contributed by atoms with van der Waals surface area (Å²) in [7, 11) is 1.67. The molecule has 0 bridgehead atoms. The number of carbonyl (C=O) groups is 2. The highest BCUT2D eigenvalue weighted by Crippen LogP contribution is 2.26. The minimum absolute atomic E-state index is 0.417. The van der Waals surface area contributed by atoms with Gasteiger partial charge in [0.05, 0.1) is 6.61 Å². The molecular formula is C22H24N2O4. The van der Waals surface area contributed by atoms with Crippen molar-refractivity contribution in [2.45, 2.75) is 26.4 Å². The highest BCUT2D eigenvalue weighted by atomic mass is 16.5. The number of methoxy groups -OCH3 is 1. The highest BCUT2D eigenvalue weighted by molar-refractivity contribution is 6.00. The fraction of sp³-hybridized carbons (Fsp3) is 0.273. The predicted octanol–water partition coefficient (Wildman–Crippen LogP) is 3.46. The number of aryl methyl sites for hydroxylation is 1. The topological polar surface area (TPSA) is 80.6 Å². The molecule has 0 saturated carbocycles. The zero-order valence-corrected chi connectivity index (χ0v) is 16.2. The smallest absolute Gasteiger partial charge is 0.330 e. The van der Waals surface area contributed by atoms with Crippen molar-refractivity contribution in [3.63, 3.8) is 0 Å². The Hall–Kier alpha value is -3.12. The largest absolute Gasteiger partial charge is 0.479 e. The van der Waals surface area contributed by atoms with Crippen LogP contribution >= 0.6 is 0 Å². The van der Waals surface area contributed by atoms with Crippen molar-refractivity contribution in [3.05, 3.63) is 70.9 Å². The van der Waals surface area contributed by atoms with E-state index in [1.54, 1.807) is 43.5 Å². The number of hydrogen-bond donors (Lipinski definition) is 2. The number of aromatic nitrogens is 1. The van der Waals surface area contributed by atoms with Crippen LogP contribution in [0.25, 0.3) is 10.9 Å². The third kappa shape index (κ3) is 3.77. The first-order chi connectivity index (χ1) is 13.4. The fourth-order valence-electron chi connectivity index (χ4n) is 3.41. The summed E-state index contributed by atoms with van der Waals surface area (Å²) in [5.41, 5.74) is 4.21. The number of hydrogen-bond acceptors (Lipinski definition) is 3. The molecule has 3 rings (SSSR count). The molecule has 0 radical (unpaired) electrons. The van der Waals surface area contributed by atoms with Crippen LogP contribution in [0.5, 0.6) is 0 Å². The Bertz CT molecular complexity index is 1010. The van der Waals surface area contributed by atoms with Crippen molar-refractivity contribution in [2.75, 3.05) is 13.7 Å². The van der Waals surface area contributed by atoms with Gasteiger partial charge in [-0.05, 0) is 43.2 Å². The summed E-state index contributed by atoms with van der Waals surface area (Å²) in [5.74, 6) is -1.52. The number of amides is 1. The number of nitrogens with one attached hydrogen (secondary N) is 1. The first-order valence-corrected chi connectivity index (χ1v) is 9.11. The first-order valence-electron chi connectivity index (χ1n) is 9.11. The summed E-state index contributed by atoms with van der Waals surface area (Å²) in [6, 6.07) is 13.0. The van der Waals surface area contributed by atoms with Gasteiger partial charge in [-0.2, -0.15) is 0 Å². The Morgan fingerprint density at radius 1 is 1.14 bits per heavy atom. The second-order valence-electron chi connectivity index (χ2n) is 6.74. The summed E-state index contributed by atoms with van der Waals surface area (Å²) < 4.78 is 7.36. The predicted molar refractivity (Wildman–Crippen MR) is 108 cm³/mol. The van der Waals surface area contributed by atoms with Gasteiger partial charge in [-0.25, -0.2) is 4.79 Å². The molecule has 6 heteroatoms. The van der Waals surface area contributed by atoms with Crippen molar-refractivity contribution in [2.24, 2.45) is 0 Å². The minimum atomic E-state index is -1.10. The van der Waals surface area contributed by atoms with Crippen LogP contribution in [0.3, 0.4) is 0 Å². The van der Waals surface area contributed by atoms with Gasteiger partial charge in [-0.3, -0.25) is 4.79 Å². The van der Waals surface area contributed by atoms with Crippen molar-refractivity contribution >= 4 is 22.8 Å². The van der Waals surface area contributed by atoms with Gasteiger partial charge in [-0.1, -0.05) is 30.3 Å². The number of ether oxygens (including phenoxy) is 1. The Balaban J connectivity index is 1.91. The van der Waals surface area contributed by atoms with E-state index >= 15 is 0 Å². The molecule has 0 saturated heterocycles. The summed E-state index contributed by atoms with van der Waals surface area (Å²) in [5, 5.41) is 13.1. The second kappa shape index (κ2) is 8.27. The maximum absolute atomic E-state index is 12.8. The summed E-state index contributed by atoms with van der Waals surface area (Å²) >= 11 is 0. The molecule has 1 heterocycles. The molecule has 3 aromatic rings. The van der Waals surface area contributed by atoms with Crippen molar-refractivity contribution in [3.8, 4) is 0 Å². The zero-order chi connectivity index (χ0) is 20.3.